The average molecular weight is 342 g/mol. The Hall–Kier alpha value is -2.21. The lowest BCUT2D eigenvalue weighted by molar-refractivity contribution is -0.120. The number of aryl methyl sites for hydroxylation is 1. The topological polar surface area (TPSA) is 76.0 Å². The van der Waals surface area contributed by atoms with Gasteiger partial charge in [-0.2, -0.15) is 5.10 Å². The number of fused-ring (bicyclic) bond motifs is 1. The number of carbonyl (C=O) groups excluding carboxylic acids is 2. The molecule has 0 aliphatic carbocycles. The Morgan fingerprint density at radius 1 is 1.44 bits per heavy atom. The Morgan fingerprint density at radius 3 is 2.88 bits per heavy atom. The lowest BCUT2D eigenvalue weighted by Gasteiger charge is -2.23. The first-order valence-corrected chi connectivity index (χ1v) is 8.97. The Bertz CT molecular complexity index is 762. The third-order valence-electron chi connectivity index (χ3n) is 5.19. The van der Waals surface area contributed by atoms with Crippen molar-refractivity contribution in [1.82, 2.24) is 20.4 Å². The molecule has 1 saturated heterocycles. The van der Waals surface area contributed by atoms with Crippen LogP contribution in [0.4, 0.5) is 0 Å². The van der Waals surface area contributed by atoms with Crippen LogP contribution in [0, 0.1) is 0 Å². The van der Waals surface area contributed by atoms with Crippen molar-refractivity contribution >= 4 is 23.1 Å². The molecular weight excluding hydrogens is 316 g/mol. The number of hydrogen-bond donors (Lipinski definition) is 2. The number of piperidine rings is 1. The summed E-state index contributed by atoms with van der Waals surface area (Å²) in [5, 5.41) is 11.6. The van der Waals surface area contributed by atoms with Gasteiger partial charge in [-0.05, 0) is 49.9 Å². The third kappa shape index (κ3) is 3.74. The summed E-state index contributed by atoms with van der Waals surface area (Å²) in [6.07, 6.45) is 4.01. The Balaban J connectivity index is 1.88. The van der Waals surface area contributed by atoms with Crippen molar-refractivity contribution in [2.45, 2.75) is 37.5 Å². The number of hydrogen-bond acceptors (Lipinski definition) is 4. The van der Waals surface area contributed by atoms with E-state index in [0.29, 0.717) is 18.8 Å². The minimum atomic E-state index is -0.356. The fraction of sp³-hybridized carbons (Fsp3) is 0.526. The van der Waals surface area contributed by atoms with Gasteiger partial charge in [0.25, 0.3) is 0 Å². The van der Waals surface area contributed by atoms with Gasteiger partial charge in [0.05, 0.1) is 17.1 Å². The molecule has 25 heavy (non-hydrogen) atoms. The predicted molar refractivity (Wildman–Crippen MR) is 97.7 cm³/mol. The molecule has 1 amide bonds. The molecule has 0 saturated carbocycles. The molecule has 2 heterocycles. The maximum absolute atomic E-state index is 11.6. The second-order valence-corrected chi connectivity index (χ2v) is 6.76. The van der Waals surface area contributed by atoms with Crippen LogP contribution in [0.15, 0.2) is 18.2 Å². The number of amides is 1. The van der Waals surface area contributed by atoms with Gasteiger partial charge in [0.1, 0.15) is 6.29 Å². The average Bonchev–Trinajstić information content (AvgIpc) is 2.99. The molecule has 1 aromatic carbocycles. The van der Waals surface area contributed by atoms with Crippen molar-refractivity contribution in [3.8, 4) is 0 Å². The zero-order valence-corrected chi connectivity index (χ0v) is 14.9. The first-order chi connectivity index (χ1) is 12.1. The third-order valence-corrected chi connectivity index (χ3v) is 5.19. The van der Waals surface area contributed by atoms with Crippen molar-refractivity contribution in [2.75, 3.05) is 20.1 Å². The quantitative estimate of drug-likeness (QED) is 0.786. The van der Waals surface area contributed by atoms with Crippen LogP contribution in [-0.2, 0) is 16.6 Å². The molecule has 0 spiro atoms. The van der Waals surface area contributed by atoms with E-state index in [9.17, 15) is 9.59 Å². The molecule has 2 aromatic rings. The second-order valence-electron chi connectivity index (χ2n) is 6.76. The zero-order valence-electron chi connectivity index (χ0n) is 14.9. The van der Waals surface area contributed by atoms with Gasteiger partial charge in [-0.15, -0.1) is 0 Å². The van der Waals surface area contributed by atoms with Crippen LogP contribution in [0.5, 0.6) is 0 Å². The molecule has 1 aliphatic rings. The number of aldehydes is 1. The molecule has 1 unspecified atom stereocenters. The molecule has 6 nitrogen and oxygen atoms in total. The largest absolute Gasteiger partial charge is 0.359 e. The van der Waals surface area contributed by atoms with E-state index in [2.05, 4.69) is 33.9 Å². The van der Waals surface area contributed by atoms with Gasteiger partial charge in [0.2, 0.25) is 5.91 Å². The number of nitrogens with one attached hydrogen (secondary N) is 2. The number of nitrogens with zero attached hydrogens (tertiary/aromatic N) is 2. The normalized spacial score (nSPS) is 16.7. The fourth-order valence-corrected chi connectivity index (χ4v) is 3.67. The number of benzene rings is 1. The van der Waals surface area contributed by atoms with E-state index in [4.69, 9.17) is 0 Å². The van der Waals surface area contributed by atoms with E-state index >= 15 is 0 Å². The highest BCUT2D eigenvalue weighted by molar-refractivity contribution is 5.86. The van der Waals surface area contributed by atoms with Crippen LogP contribution >= 0.6 is 0 Å². The summed E-state index contributed by atoms with van der Waals surface area (Å²) in [6, 6.07) is 6.47. The van der Waals surface area contributed by atoms with Gasteiger partial charge < -0.3 is 15.4 Å². The smallest absolute Gasteiger partial charge is 0.219 e. The van der Waals surface area contributed by atoms with Gasteiger partial charge in [-0.3, -0.25) is 9.48 Å². The van der Waals surface area contributed by atoms with E-state index in [1.165, 1.54) is 5.56 Å². The molecule has 6 heteroatoms. The molecule has 2 N–H and O–H groups in total. The summed E-state index contributed by atoms with van der Waals surface area (Å²) in [6.45, 7) is 2.12. The van der Waals surface area contributed by atoms with Crippen molar-refractivity contribution in [1.29, 1.82) is 0 Å². The van der Waals surface area contributed by atoms with Crippen LogP contribution in [0.25, 0.3) is 10.9 Å². The number of rotatable bonds is 6. The summed E-state index contributed by atoms with van der Waals surface area (Å²) in [5.41, 5.74) is 3.17. The summed E-state index contributed by atoms with van der Waals surface area (Å²) >= 11 is 0. The summed E-state index contributed by atoms with van der Waals surface area (Å²) in [5.74, 6) is 0.171. The van der Waals surface area contributed by atoms with Gasteiger partial charge in [0.15, 0.2) is 0 Å². The lowest BCUT2D eigenvalue weighted by Crippen LogP contribution is -2.26. The van der Waals surface area contributed by atoms with E-state index in [0.717, 1.165) is 48.8 Å². The minimum Gasteiger partial charge on any atom is -0.359 e. The molecule has 3 rings (SSSR count). The Morgan fingerprint density at radius 2 is 2.20 bits per heavy atom. The van der Waals surface area contributed by atoms with E-state index < -0.39 is 0 Å². The summed E-state index contributed by atoms with van der Waals surface area (Å²) < 4.78 is 1.85. The molecule has 1 aliphatic heterocycles. The van der Waals surface area contributed by atoms with Crippen molar-refractivity contribution in [2.24, 2.45) is 7.05 Å². The molecule has 1 aromatic heterocycles. The van der Waals surface area contributed by atoms with Crippen LogP contribution in [0.2, 0.25) is 0 Å². The highest BCUT2D eigenvalue weighted by Crippen LogP contribution is 2.31. The summed E-state index contributed by atoms with van der Waals surface area (Å²) in [4.78, 5) is 23.1. The van der Waals surface area contributed by atoms with Crippen LogP contribution in [0.3, 0.4) is 0 Å². The molecule has 134 valence electrons. The fourth-order valence-electron chi connectivity index (χ4n) is 3.67. The molecule has 0 radical (unpaired) electrons. The van der Waals surface area contributed by atoms with Gasteiger partial charge in [0, 0.05) is 25.9 Å². The standard InChI is InChI=1S/C19H26N4O2/c1-20-18(25)6-4-15(12-24)19-16-5-3-14(11-17(16)23(2)22-19)13-7-9-21-10-8-13/h3,5,11-13,15,21H,4,6-10H2,1-2H3,(H,20,25). The maximum Gasteiger partial charge on any atom is 0.219 e. The van der Waals surface area contributed by atoms with Crippen LogP contribution in [0.1, 0.15) is 48.8 Å². The molecule has 0 bridgehead atoms. The van der Waals surface area contributed by atoms with E-state index in [1.807, 2.05) is 11.7 Å². The van der Waals surface area contributed by atoms with Crippen molar-refractivity contribution in [3.63, 3.8) is 0 Å². The van der Waals surface area contributed by atoms with Gasteiger partial charge in [-0.25, -0.2) is 0 Å². The van der Waals surface area contributed by atoms with Crippen molar-refractivity contribution < 1.29 is 9.59 Å². The first kappa shape index (κ1) is 17.6. The van der Waals surface area contributed by atoms with Gasteiger partial charge >= 0.3 is 0 Å². The lowest BCUT2D eigenvalue weighted by atomic mass is 9.89. The van der Waals surface area contributed by atoms with Crippen LogP contribution in [-0.4, -0.2) is 42.1 Å². The predicted octanol–water partition coefficient (Wildman–Crippen LogP) is 1.85. The van der Waals surface area contributed by atoms with E-state index in [1.54, 1.807) is 7.05 Å². The maximum atomic E-state index is 11.6. The first-order valence-electron chi connectivity index (χ1n) is 8.97. The Labute approximate surface area is 148 Å². The monoisotopic (exact) mass is 342 g/mol. The second kappa shape index (κ2) is 7.78. The highest BCUT2D eigenvalue weighted by Gasteiger charge is 2.21. The number of aromatic nitrogens is 2. The van der Waals surface area contributed by atoms with E-state index in [-0.39, 0.29) is 11.8 Å². The molecular formula is C19H26N4O2. The Kier molecular flexibility index (Phi) is 5.48. The van der Waals surface area contributed by atoms with Gasteiger partial charge in [-0.1, -0.05) is 12.1 Å². The minimum absolute atomic E-state index is 0.0553. The highest BCUT2D eigenvalue weighted by atomic mass is 16.1. The number of carbonyl (C=O) groups is 2. The molecule has 1 atom stereocenters. The SMILES string of the molecule is CNC(=O)CCC(C=O)c1nn(C)c2cc(C3CCNCC3)ccc12. The summed E-state index contributed by atoms with van der Waals surface area (Å²) in [7, 11) is 3.52. The van der Waals surface area contributed by atoms with Crippen molar-refractivity contribution in [3.05, 3.63) is 29.5 Å². The zero-order chi connectivity index (χ0) is 17.8. The molecule has 1 fully saturated rings. The van der Waals surface area contributed by atoms with Crippen LogP contribution < -0.4 is 10.6 Å².